The molecule has 0 unspecified atom stereocenters. The zero-order valence-electron chi connectivity index (χ0n) is 10.5. The van der Waals surface area contributed by atoms with Gasteiger partial charge in [0.05, 0.1) is 20.1 Å². The number of esters is 2. The molecular weight excluding hydrogens is 236 g/mol. The van der Waals surface area contributed by atoms with Gasteiger partial charge in [-0.2, -0.15) is 0 Å². The van der Waals surface area contributed by atoms with Crippen molar-refractivity contribution in [3.05, 3.63) is 29.8 Å². The molecule has 0 aliphatic carbocycles. The van der Waals surface area contributed by atoms with E-state index in [4.69, 9.17) is 9.47 Å². The third-order valence-corrected chi connectivity index (χ3v) is 2.16. The first-order chi connectivity index (χ1) is 8.65. The number of methoxy groups -OCH3 is 1. The number of carbonyl (C=O) groups is 2. The molecule has 0 saturated heterocycles. The summed E-state index contributed by atoms with van der Waals surface area (Å²) in [6.45, 7) is 1.62. The monoisotopic (exact) mass is 252 g/mol. The fraction of sp³-hybridized carbons (Fsp3) is 0.385. The predicted octanol–water partition coefficient (Wildman–Crippen LogP) is 1.34. The molecule has 0 atom stereocenters. The molecule has 0 aliphatic rings. The molecule has 0 heterocycles. The molecule has 0 bridgehead atoms. The van der Waals surface area contributed by atoms with Gasteiger partial charge in [-0.15, -0.1) is 0 Å². The summed E-state index contributed by atoms with van der Waals surface area (Å²) >= 11 is 0. The number of ether oxygens (including phenoxy) is 3. The maximum Gasteiger partial charge on any atom is 0.344 e. The summed E-state index contributed by atoms with van der Waals surface area (Å²) in [4.78, 5) is 22.4. The molecule has 0 radical (unpaired) electrons. The van der Waals surface area contributed by atoms with Gasteiger partial charge in [-0.1, -0.05) is 12.1 Å². The minimum absolute atomic E-state index is 0.114. The number of benzene rings is 1. The average Bonchev–Trinajstić information content (AvgIpc) is 2.38. The summed E-state index contributed by atoms with van der Waals surface area (Å²) in [7, 11) is 1.57. The van der Waals surface area contributed by atoms with Crippen molar-refractivity contribution in [2.75, 3.05) is 20.3 Å². The zero-order chi connectivity index (χ0) is 13.4. The minimum Gasteiger partial charge on any atom is -0.497 e. The van der Waals surface area contributed by atoms with Gasteiger partial charge < -0.3 is 14.2 Å². The predicted molar refractivity (Wildman–Crippen MR) is 64.3 cm³/mol. The van der Waals surface area contributed by atoms with Gasteiger partial charge in [0, 0.05) is 0 Å². The lowest BCUT2D eigenvalue weighted by Gasteiger charge is -2.05. The molecule has 18 heavy (non-hydrogen) atoms. The summed E-state index contributed by atoms with van der Waals surface area (Å²) in [6.07, 6.45) is 0.114. The highest BCUT2D eigenvalue weighted by Gasteiger charge is 2.08. The molecule has 0 aliphatic heterocycles. The van der Waals surface area contributed by atoms with Gasteiger partial charge in [-0.3, -0.25) is 4.79 Å². The van der Waals surface area contributed by atoms with Crippen molar-refractivity contribution in [3.63, 3.8) is 0 Å². The molecule has 1 aromatic carbocycles. The highest BCUT2D eigenvalue weighted by Crippen LogP contribution is 2.11. The fourth-order valence-corrected chi connectivity index (χ4v) is 1.30. The lowest BCUT2D eigenvalue weighted by molar-refractivity contribution is -0.158. The van der Waals surface area contributed by atoms with Gasteiger partial charge in [-0.05, 0) is 24.6 Å². The molecule has 0 amide bonds. The summed E-state index contributed by atoms with van der Waals surface area (Å²) in [5, 5.41) is 0. The van der Waals surface area contributed by atoms with Crippen LogP contribution in [0.3, 0.4) is 0 Å². The average molecular weight is 252 g/mol. The second kappa shape index (κ2) is 7.32. The molecule has 0 fully saturated rings. The Kier molecular flexibility index (Phi) is 5.70. The summed E-state index contributed by atoms with van der Waals surface area (Å²) < 4.78 is 14.4. The Morgan fingerprint density at radius 1 is 1.06 bits per heavy atom. The van der Waals surface area contributed by atoms with Crippen LogP contribution in [-0.4, -0.2) is 32.3 Å². The van der Waals surface area contributed by atoms with Gasteiger partial charge in [-0.25, -0.2) is 4.79 Å². The van der Waals surface area contributed by atoms with Gasteiger partial charge in [0.15, 0.2) is 6.61 Å². The Hall–Kier alpha value is -2.04. The Bertz CT molecular complexity index is 396. The zero-order valence-corrected chi connectivity index (χ0v) is 10.5. The lowest BCUT2D eigenvalue weighted by atomic mass is 10.1. The van der Waals surface area contributed by atoms with E-state index in [1.807, 2.05) is 0 Å². The molecular formula is C13H16O5. The molecule has 98 valence electrons. The Morgan fingerprint density at radius 3 is 2.28 bits per heavy atom. The van der Waals surface area contributed by atoms with Crippen LogP contribution in [0.2, 0.25) is 0 Å². The van der Waals surface area contributed by atoms with E-state index in [0.717, 1.165) is 11.3 Å². The largest absolute Gasteiger partial charge is 0.497 e. The quantitative estimate of drug-likeness (QED) is 0.715. The van der Waals surface area contributed by atoms with Crippen molar-refractivity contribution in [2.24, 2.45) is 0 Å². The summed E-state index contributed by atoms with van der Waals surface area (Å²) in [6, 6.07) is 7.05. The topological polar surface area (TPSA) is 61.8 Å². The van der Waals surface area contributed by atoms with E-state index in [9.17, 15) is 9.59 Å². The SMILES string of the molecule is CCOC(=O)COC(=O)Cc1ccc(OC)cc1. The van der Waals surface area contributed by atoms with E-state index < -0.39 is 11.9 Å². The van der Waals surface area contributed by atoms with Crippen LogP contribution in [0.5, 0.6) is 5.75 Å². The fourth-order valence-electron chi connectivity index (χ4n) is 1.30. The second-order valence-corrected chi connectivity index (χ2v) is 3.49. The normalized spacial score (nSPS) is 9.67. The molecule has 1 rings (SSSR count). The number of hydrogen-bond donors (Lipinski definition) is 0. The van der Waals surface area contributed by atoms with Gasteiger partial charge in [0.25, 0.3) is 0 Å². The van der Waals surface area contributed by atoms with E-state index >= 15 is 0 Å². The van der Waals surface area contributed by atoms with Gasteiger partial charge in [0.1, 0.15) is 5.75 Å². The van der Waals surface area contributed by atoms with Crippen LogP contribution in [0.1, 0.15) is 12.5 Å². The molecule has 5 heteroatoms. The first kappa shape index (κ1) is 14.0. The number of hydrogen-bond acceptors (Lipinski definition) is 5. The van der Waals surface area contributed by atoms with E-state index in [1.54, 1.807) is 38.3 Å². The summed E-state index contributed by atoms with van der Waals surface area (Å²) in [5.74, 6) is -0.285. The van der Waals surface area contributed by atoms with E-state index in [1.165, 1.54) is 0 Å². The van der Waals surface area contributed by atoms with Crippen molar-refractivity contribution in [1.29, 1.82) is 0 Å². The molecule has 0 N–H and O–H groups in total. The van der Waals surface area contributed by atoms with Gasteiger partial charge >= 0.3 is 11.9 Å². The van der Waals surface area contributed by atoms with Crippen LogP contribution in [0, 0.1) is 0 Å². The lowest BCUT2D eigenvalue weighted by Crippen LogP contribution is -2.17. The highest BCUT2D eigenvalue weighted by molar-refractivity contribution is 5.77. The van der Waals surface area contributed by atoms with Crippen molar-refractivity contribution in [3.8, 4) is 5.75 Å². The van der Waals surface area contributed by atoms with Crippen LogP contribution in [0.25, 0.3) is 0 Å². The Morgan fingerprint density at radius 2 is 1.72 bits per heavy atom. The Labute approximate surface area is 106 Å². The van der Waals surface area contributed by atoms with Crippen molar-refractivity contribution >= 4 is 11.9 Å². The van der Waals surface area contributed by atoms with Crippen molar-refractivity contribution in [2.45, 2.75) is 13.3 Å². The highest BCUT2D eigenvalue weighted by atomic mass is 16.6. The van der Waals surface area contributed by atoms with E-state index in [0.29, 0.717) is 0 Å². The van der Waals surface area contributed by atoms with Crippen LogP contribution in [-0.2, 0) is 25.5 Å². The van der Waals surface area contributed by atoms with Crippen LogP contribution < -0.4 is 4.74 Å². The molecule has 0 spiro atoms. The third kappa shape index (κ3) is 4.86. The van der Waals surface area contributed by atoms with E-state index in [2.05, 4.69) is 4.74 Å². The molecule has 0 saturated carbocycles. The molecule has 1 aromatic rings. The Balaban J connectivity index is 2.37. The number of carbonyl (C=O) groups excluding carboxylic acids is 2. The third-order valence-electron chi connectivity index (χ3n) is 2.16. The summed E-state index contributed by atoms with van der Waals surface area (Å²) in [5.41, 5.74) is 0.796. The van der Waals surface area contributed by atoms with Crippen molar-refractivity contribution in [1.82, 2.24) is 0 Å². The van der Waals surface area contributed by atoms with Gasteiger partial charge in [0.2, 0.25) is 0 Å². The standard InChI is InChI=1S/C13H16O5/c1-3-17-13(15)9-18-12(14)8-10-4-6-11(16-2)7-5-10/h4-7H,3,8-9H2,1-2H3. The first-order valence-corrected chi connectivity index (χ1v) is 5.60. The maximum atomic E-state index is 11.4. The van der Waals surface area contributed by atoms with Crippen LogP contribution in [0.15, 0.2) is 24.3 Å². The minimum atomic E-state index is -0.541. The first-order valence-electron chi connectivity index (χ1n) is 5.60. The van der Waals surface area contributed by atoms with Crippen molar-refractivity contribution < 1.29 is 23.8 Å². The van der Waals surface area contributed by atoms with E-state index in [-0.39, 0.29) is 19.6 Å². The van der Waals surface area contributed by atoms with Crippen LogP contribution >= 0.6 is 0 Å². The van der Waals surface area contributed by atoms with Crippen LogP contribution in [0.4, 0.5) is 0 Å². The molecule has 0 aromatic heterocycles. The molecule has 5 nitrogen and oxygen atoms in total. The second-order valence-electron chi connectivity index (χ2n) is 3.49. The maximum absolute atomic E-state index is 11.4. The smallest absolute Gasteiger partial charge is 0.344 e. The number of rotatable bonds is 6.